The summed E-state index contributed by atoms with van der Waals surface area (Å²) in [5.74, 6) is 0.455. The van der Waals surface area contributed by atoms with E-state index in [4.69, 9.17) is 9.47 Å². The summed E-state index contributed by atoms with van der Waals surface area (Å²) >= 11 is 0. The molecule has 1 aliphatic rings. The van der Waals surface area contributed by atoms with E-state index in [1.807, 2.05) is 68.6 Å². The second kappa shape index (κ2) is 14.3. The van der Waals surface area contributed by atoms with Gasteiger partial charge in [-0.3, -0.25) is 14.4 Å². The molecular formula is C35H38FN3O6S. The van der Waals surface area contributed by atoms with Crippen molar-refractivity contribution >= 4 is 21.6 Å². The number of hydrogen-bond donors (Lipinski definition) is 2. The number of amides is 1. The second-order valence-electron chi connectivity index (χ2n) is 11.6. The topological polar surface area (TPSA) is 108 Å². The number of nitrogens with zero attached hydrogens (tertiary/aromatic N) is 2. The number of carbonyl (C=O) groups excluding carboxylic acids is 1. The minimum Gasteiger partial charge on any atom is -0.486 e. The Bertz CT molecular complexity index is 1740. The molecule has 242 valence electrons. The molecule has 0 unspecified atom stereocenters. The summed E-state index contributed by atoms with van der Waals surface area (Å²) in [4.78, 5) is 17.3. The molecule has 0 saturated heterocycles. The Morgan fingerprint density at radius 1 is 1.00 bits per heavy atom. The summed E-state index contributed by atoms with van der Waals surface area (Å²) < 4.78 is 55.0. The van der Waals surface area contributed by atoms with E-state index in [0.717, 1.165) is 29.2 Å². The van der Waals surface area contributed by atoms with Crippen molar-refractivity contribution in [3.8, 4) is 17.2 Å². The number of halogens is 1. The molecule has 0 spiro atoms. The zero-order valence-corrected chi connectivity index (χ0v) is 26.8. The van der Waals surface area contributed by atoms with Crippen LogP contribution in [-0.4, -0.2) is 68.1 Å². The van der Waals surface area contributed by atoms with Crippen LogP contribution in [0.25, 0.3) is 0 Å². The van der Waals surface area contributed by atoms with Crippen molar-refractivity contribution in [2.24, 2.45) is 5.92 Å². The Morgan fingerprint density at radius 2 is 1.67 bits per heavy atom. The van der Waals surface area contributed by atoms with Gasteiger partial charge in [-0.15, -0.1) is 0 Å². The minimum absolute atomic E-state index is 0.0857. The lowest BCUT2D eigenvalue weighted by molar-refractivity contribution is 0.0344. The van der Waals surface area contributed by atoms with Gasteiger partial charge >= 0.3 is 0 Å². The van der Waals surface area contributed by atoms with Crippen LogP contribution in [0, 0.1) is 11.7 Å². The summed E-state index contributed by atoms with van der Waals surface area (Å²) in [5.41, 5.74) is 1.32. The lowest BCUT2D eigenvalue weighted by Gasteiger charge is -2.38. The predicted molar refractivity (Wildman–Crippen MR) is 174 cm³/mol. The molecule has 0 fully saturated rings. The normalized spacial score (nSPS) is 17.4. The van der Waals surface area contributed by atoms with Crippen LogP contribution in [0.5, 0.6) is 17.2 Å². The molecule has 0 aromatic heterocycles. The maximum Gasteiger partial charge on any atom is 0.262 e. The Hall–Kier alpha value is -4.45. The van der Waals surface area contributed by atoms with Crippen molar-refractivity contribution in [1.82, 2.24) is 9.80 Å². The van der Waals surface area contributed by atoms with Crippen molar-refractivity contribution in [3.05, 3.63) is 114 Å². The molecule has 9 nitrogen and oxygen atoms in total. The fraction of sp³-hybridized carbons (Fsp3) is 0.286. The number of hydrogen-bond acceptors (Lipinski definition) is 7. The van der Waals surface area contributed by atoms with Gasteiger partial charge in [0.25, 0.3) is 15.9 Å². The number of likely N-dealkylation sites (N-methyl/N-ethyl adjacent to an activating group) is 1. The first-order valence-electron chi connectivity index (χ1n) is 15.0. The number of carbonyl (C=O) groups is 1. The molecular weight excluding hydrogens is 609 g/mol. The van der Waals surface area contributed by atoms with Gasteiger partial charge in [-0.2, -0.15) is 0 Å². The van der Waals surface area contributed by atoms with E-state index in [0.29, 0.717) is 19.6 Å². The van der Waals surface area contributed by atoms with Crippen LogP contribution in [0.4, 0.5) is 10.1 Å². The lowest BCUT2D eigenvalue weighted by Crippen LogP contribution is -2.49. The summed E-state index contributed by atoms with van der Waals surface area (Å²) in [6.45, 7) is 4.88. The van der Waals surface area contributed by atoms with Gasteiger partial charge in [-0.25, -0.2) is 12.8 Å². The van der Waals surface area contributed by atoms with Crippen molar-refractivity contribution in [3.63, 3.8) is 0 Å². The zero-order valence-electron chi connectivity index (χ0n) is 26.0. The molecule has 2 N–H and O–H groups in total. The Labute approximate surface area is 269 Å². The Kier molecular flexibility index (Phi) is 10.3. The highest BCUT2D eigenvalue weighted by Crippen LogP contribution is 2.36. The van der Waals surface area contributed by atoms with E-state index in [-0.39, 0.29) is 40.3 Å². The van der Waals surface area contributed by atoms with Crippen LogP contribution in [0.3, 0.4) is 0 Å². The molecule has 4 aromatic rings. The van der Waals surface area contributed by atoms with E-state index in [9.17, 15) is 22.7 Å². The average Bonchev–Trinajstić information content (AvgIpc) is 3.04. The van der Waals surface area contributed by atoms with E-state index in [2.05, 4.69) is 9.62 Å². The third kappa shape index (κ3) is 7.85. The standard InChI is InChI=1S/C35H38FN3O6S/c1-24-20-39(25(2)23-40)35(41)31-10-7-11-32(37-46(42,43)30-18-14-27(36)15-19-30)34(31)45-33(24)22-38(3)21-26-12-16-29(17-13-26)44-28-8-5-4-6-9-28/h4-19,24-25,33,37,40H,20-23H2,1-3H3/t24-,25+,33-/m1/s1. The fourth-order valence-corrected chi connectivity index (χ4v) is 6.39. The SMILES string of the molecule is C[C@@H]1CN([C@@H](C)CO)C(=O)c2cccc(NS(=O)(=O)c3ccc(F)cc3)c2O[C@@H]1CN(C)Cc1ccc(Oc2ccccc2)cc1. The molecule has 1 aliphatic heterocycles. The number of anilines is 1. The number of para-hydroxylation sites is 2. The fourth-order valence-electron chi connectivity index (χ4n) is 5.33. The van der Waals surface area contributed by atoms with Crippen molar-refractivity contribution in [1.29, 1.82) is 0 Å². The number of ether oxygens (including phenoxy) is 2. The van der Waals surface area contributed by atoms with Gasteiger partial charge in [0.05, 0.1) is 28.8 Å². The van der Waals surface area contributed by atoms with Crippen LogP contribution in [0.2, 0.25) is 0 Å². The number of nitrogens with one attached hydrogen (secondary N) is 1. The maximum atomic E-state index is 13.8. The second-order valence-corrected chi connectivity index (χ2v) is 13.3. The summed E-state index contributed by atoms with van der Waals surface area (Å²) in [6, 6.07) is 26.1. The number of benzene rings is 4. The molecule has 46 heavy (non-hydrogen) atoms. The van der Waals surface area contributed by atoms with Crippen LogP contribution >= 0.6 is 0 Å². The van der Waals surface area contributed by atoms with Gasteiger partial charge in [0.15, 0.2) is 5.75 Å². The van der Waals surface area contributed by atoms with Crippen molar-refractivity contribution in [2.45, 2.75) is 37.4 Å². The number of sulfonamides is 1. The van der Waals surface area contributed by atoms with Gasteiger partial charge in [-0.1, -0.05) is 43.3 Å². The van der Waals surface area contributed by atoms with Crippen LogP contribution in [0.15, 0.2) is 102 Å². The average molecular weight is 648 g/mol. The molecule has 4 aromatic carbocycles. The van der Waals surface area contributed by atoms with Crippen molar-refractivity contribution in [2.75, 3.05) is 31.5 Å². The highest BCUT2D eigenvalue weighted by molar-refractivity contribution is 7.92. The monoisotopic (exact) mass is 647 g/mol. The van der Waals surface area contributed by atoms with E-state index < -0.39 is 28.0 Å². The largest absolute Gasteiger partial charge is 0.486 e. The number of fused-ring (bicyclic) bond motifs is 1. The maximum absolute atomic E-state index is 13.8. The number of rotatable bonds is 11. The van der Waals surface area contributed by atoms with Gasteiger partial charge in [0.2, 0.25) is 0 Å². The molecule has 0 bridgehead atoms. The molecule has 0 saturated carbocycles. The molecule has 3 atom stereocenters. The van der Waals surface area contributed by atoms with Crippen molar-refractivity contribution < 1.29 is 32.2 Å². The quantitative estimate of drug-likeness (QED) is 0.213. The Balaban J connectivity index is 1.39. The molecule has 1 amide bonds. The smallest absolute Gasteiger partial charge is 0.262 e. The molecule has 5 rings (SSSR count). The van der Waals surface area contributed by atoms with E-state index >= 15 is 0 Å². The van der Waals surface area contributed by atoms with Gasteiger partial charge in [-0.05, 0) is 80.2 Å². The molecule has 0 aliphatic carbocycles. The first kappa shape index (κ1) is 32.9. The van der Waals surface area contributed by atoms with Crippen LogP contribution in [0.1, 0.15) is 29.8 Å². The lowest BCUT2D eigenvalue weighted by atomic mass is 9.99. The van der Waals surface area contributed by atoms with Crippen LogP contribution < -0.4 is 14.2 Å². The minimum atomic E-state index is -4.14. The van der Waals surface area contributed by atoms with E-state index in [1.165, 1.54) is 18.2 Å². The number of aliphatic hydroxyl groups is 1. The first-order valence-corrected chi connectivity index (χ1v) is 16.5. The molecule has 0 radical (unpaired) electrons. The molecule has 1 heterocycles. The predicted octanol–water partition coefficient (Wildman–Crippen LogP) is 5.77. The zero-order chi connectivity index (χ0) is 32.8. The van der Waals surface area contributed by atoms with Crippen LogP contribution in [-0.2, 0) is 16.6 Å². The third-order valence-electron chi connectivity index (χ3n) is 7.91. The summed E-state index contributed by atoms with van der Waals surface area (Å²) in [7, 11) is -2.17. The molecule has 11 heteroatoms. The highest BCUT2D eigenvalue weighted by Gasteiger charge is 2.35. The highest BCUT2D eigenvalue weighted by atomic mass is 32.2. The van der Waals surface area contributed by atoms with Gasteiger partial charge in [0.1, 0.15) is 23.4 Å². The third-order valence-corrected chi connectivity index (χ3v) is 9.29. The van der Waals surface area contributed by atoms with Gasteiger partial charge < -0.3 is 19.5 Å². The Morgan fingerprint density at radius 3 is 2.35 bits per heavy atom. The summed E-state index contributed by atoms with van der Waals surface area (Å²) in [6.07, 6.45) is -0.456. The number of aliphatic hydroxyl groups excluding tert-OH is 1. The first-order chi connectivity index (χ1) is 22.0. The van der Waals surface area contributed by atoms with Gasteiger partial charge in [0, 0.05) is 25.6 Å². The van der Waals surface area contributed by atoms with E-state index in [1.54, 1.807) is 24.0 Å². The summed E-state index contributed by atoms with van der Waals surface area (Å²) in [5, 5.41) is 9.97.